The molecule has 2 rings (SSSR count). The van der Waals surface area contributed by atoms with Crippen molar-refractivity contribution < 1.29 is 9.47 Å². The van der Waals surface area contributed by atoms with Gasteiger partial charge in [-0.15, -0.1) is 11.3 Å². The first-order valence-corrected chi connectivity index (χ1v) is 7.07. The SMILES string of the molecule is CNCc1cc(Cl)cc(OC)c1OCc1cscn1. The summed E-state index contributed by atoms with van der Waals surface area (Å²) >= 11 is 7.61. The maximum Gasteiger partial charge on any atom is 0.166 e. The van der Waals surface area contributed by atoms with Gasteiger partial charge in [0.15, 0.2) is 11.5 Å². The van der Waals surface area contributed by atoms with E-state index in [4.69, 9.17) is 21.1 Å². The Balaban J connectivity index is 2.24. The predicted molar refractivity (Wildman–Crippen MR) is 77.2 cm³/mol. The highest BCUT2D eigenvalue weighted by molar-refractivity contribution is 7.07. The lowest BCUT2D eigenvalue weighted by Gasteiger charge is -2.15. The van der Waals surface area contributed by atoms with Gasteiger partial charge in [-0.2, -0.15) is 0 Å². The van der Waals surface area contributed by atoms with Crippen LogP contribution in [0.2, 0.25) is 5.02 Å². The summed E-state index contributed by atoms with van der Waals surface area (Å²) in [5.41, 5.74) is 3.64. The molecule has 19 heavy (non-hydrogen) atoms. The summed E-state index contributed by atoms with van der Waals surface area (Å²) in [6.45, 7) is 1.07. The number of aromatic nitrogens is 1. The van der Waals surface area contributed by atoms with Gasteiger partial charge in [-0.25, -0.2) is 4.98 Å². The average molecular weight is 299 g/mol. The minimum Gasteiger partial charge on any atom is -0.493 e. The second-order valence-electron chi connectivity index (χ2n) is 3.90. The van der Waals surface area contributed by atoms with Gasteiger partial charge in [0, 0.05) is 28.6 Å². The molecule has 1 aromatic carbocycles. The predicted octanol–water partition coefficient (Wildman–Crippen LogP) is 3.10. The molecule has 4 nitrogen and oxygen atoms in total. The molecule has 0 radical (unpaired) electrons. The number of nitrogens with one attached hydrogen (secondary N) is 1. The van der Waals surface area contributed by atoms with Crippen LogP contribution in [0.15, 0.2) is 23.0 Å². The van der Waals surface area contributed by atoms with Crippen molar-refractivity contribution in [3.8, 4) is 11.5 Å². The third kappa shape index (κ3) is 3.59. The Kier molecular flexibility index (Phi) is 5.01. The Labute approximate surface area is 121 Å². The van der Waals surface area contributed by atoms with Gasteiger partial charge in [0.05, 0.1) is 18.3 Å². The largest absolute Gasteiger partial charge is 0.493 e. The van der Waals surface area contributed by atoms with Crippen molar-refractivity contribution >= 4 is 22.9 Å². The average Bonchev–Trinajstić information content (AvgIpc) is 2.90. The van der Waals surface area contributed by atoms with Gasteiger partial charge in [0.25, 0.3) is 0 Å². The van der Waals surface area contributed by atoms with Crippen molar-refractivity contribution in [3.63, 3.8) is 0 Å². The molecular weight excluding hydrogens is 284 g/mol. The van der Waals surface area contributed by atoms with E-state index < -0.39 is 0 Å². The van der Waals surface area contributed by atoms with Crippen LogP contribution in [-0.2, 0) is 13.2 Å². The van der Waals surface area contributed by atoms with Crippen molar-refractivity contribution in [2.45, 2.75) is 13.2 Å². The second kappa shape index (κ2) is 6.75. The highest BCUT2D eigenvalue weighted by Gasteiger charge is 2.13. The molecule has 0 fully saturated rings. The Morgan fingerprint density at radius 3 is 2.89 bits per heavy atom. The molecule has 0 unspecified atom stereocenters. The Morgan fingerprint density at radius 1 is 1.42 bits per heavy atom. The van der Waals surface area contributed by atoms with Crippen molar-refractivity contribution in [1.29, 1.82) is 0 Å². The first-order valence-electron chi connectivity index (χ1n) is 5.75. The second-order valence-corrected chi connectivity index (χ2v) is 5.05. The molecule has 0 aliphatic carbocycles. The summed E-state index contributed by atoms with van der Waals surface area (Å²) in [4.78, 5) is 4.19. The normalized spacial score (nSPS) is 10.5. The van der Waals surface area contributed by atoms with E-state index in [1.807, 2.05) is 18.5 Å². The Hall–Kier alpha value is -1.30. The lowest BCUT2D eigenvalue weighted by molar-refractivity contribution is 0.278. The first kappa shape index (κ1) is 14.1. The summed E-state index contributed by atoms with van der Waals surface area (Å²) in [7, 11) is 3.47. The standard InChI is InChI=1S/C13H15ClN2O2S/c1-15-5-9-3-10(14)4-12(17-2)13(9)18-6-11-7-19-8-16-11/h3-4,7-8,15H,5-6H2,1-2H3. The van der Waals surface area contributed by atoms with Crippen LogP contribution < -0.4 is 14.8 Å². The van der Waals surface area contributed by atoms with E-state index in [2.05, 4.69) is 10.3 Å². The number of thiazole rings is 1. The van der Waals surface area contributed by atoms with E-state index in [1.54, 1.807) is 30.0 Å². The summed E-state index contributed by atoms with van der Waals surface area (Å²) in [5.74, 6) is 1.34. The molecule has 0 aliphatic heterocycles. The number of methoxy groups -OCH3 is 1. The molecule has 0 amide bonds. The first-order chi connectivity index (χ1) is 9.24. The molecule has 1 heterocycles. The monoisotopic (exact) mass is 298 g/mol. The van der Waals surface area contributed by atoms with Crippen molar-refractivity contribution in [1.82, 2.24) is 10.3 Å². The fourth-order valence-electron chi connectivity index (χ4n) is 1.71. The summed E-state index contributed by atoms with van der Waals surface area (Å²) in [5, 5.41) is 5.67. The van der Waals surface area contributed by atoms with Crippen molar-refractivity contribution in [2.75, 3.05) is 14.2 Å². The molecule has 2 aromatic rings. The van der Waals surface area contributed by atoms with Crippen LogP contribution in [0.3, 0.4) is 0 Å². The fourth-order valence-corrected chi connectivity index (χ4v) is 2.49. The van der Waals surface area contributed by atoms with Crippen LogP contribution >= 0.6 is 22.9 Å². The zero-order chi connectivity index (χ0) is 13.7. The van der Waals surface area contributed by atoms with Crippen LogP contribution in [-0.4, -0.2) is 19.1 Å². The van der Waals surface area contributed by atoms with Gasteiger partial charge in [-0.3, -0.25) is 0 Å². The zero-order valence-electron chi connectivity index (χ0n) is 10.8. The summed E-state index contributed by atoms with van der Waals surface area (Å²) in [6, 6.07) is 3.62. The number of benzene rings is 1. The smallest absolute Gasteiger partial charge is 0.166 e. The summed E-state index contributed by atoms with van der Waals surface area (Å²) < 4.78 is 11.2. The highest BCUT2D eigenvalue weighted by Crippen LogP contribution is 2.35. The molecule has 0 spiro atoms. The number of ether oxygens (including phenoxy) is 2. The van der Waals surface area contributed by atoms with E-state index in [0.29, 0.717) is 29.7 Å². The highest BCUT2D eigenvalue weighted by atomic mass is 35.5. The quantitative estimate of drug-likeness (QED) is 0.890. The molecule has 1 N–H and O–H groups in total. The number of hydrogen-bond donors (Lipinski definition) is 1. The van der Waals surface area contributed by atoms with E-state index in [1.165, 1.54) is 0 Å². The number of halogens is 1. The zero-order valence-corrected chi connectivity index (χ0v) is 12.3. The van der Waals surface area contributed by atoms with Gasteiger partial charge >= 0.3 is 0 Å². The lowest BCUT2D eigenvalue weighted by Crippen LogP contribution is -2.08. The molecule has 0 saturated carbocycles. The van der Waals surface area contributed by atoms with Crippen molar-refractivity contribution in [3.05, 3.63) is 39.3 Å². The molecule has 0 bridgehead atoms. The third-order valence-corrected chi connectivity index (χ3v) is 3.39. The maximum atomic E-state index is 6.06. The van der Waals surface area contributed by atoms with Crippen LogP contribution in [0, 0.1) is 0 Å². The van der Waals surface area contributed by atoms with Gasteiger partial charge in [0.2, 0.25) is 0 Å². The summed E-state index contributed by atoms with van der Waals surface area (Å²) in [6.07, 6.45) is 0. The van der Waals surface area contributed by atoms with Crippen LogP contribution in [0.25, 0.3) is 0 Å². The lowest BCUT2D eigenvalue weighted by atomic mass is 10.2. The minimum absolute atomic E-state index is 0.415. The number of nitrogens with zero attached hydrogens (tertiary/aromatic N) is 1. The van der Waals surface area contributed by atoms with Gasteiger partial charge in [-0.05, 0) is 13.1 Å². The fraction of sp³-hybridized carbons (Fsp3) is 0.308. The minimum atomic E-state index is 0.415. The number of rotatable bonds is 6. The van der Waals surface area contributed by atoms with Crippen LogP contribution in [0.1, 0.15) is 11.3 Å². The molecule has 1 aromatic heterocycles. The molecule has 0 atom stereocenters. The maximum absolute atomic E-state index is 6.06. The molecule has 102 valence electrons. The molecule has 0 aliphatic rings. The van der Waals surface area contributed by atoms with Gasteiger partial charge < -0.3 is 14.8 Å². The van der Waals surface area contributed by atoms with E-state index >= 15 is 0 Å². The Morgan fingerprint density at radius 2 is 2.26 bits per heavy atom. The van der Waals surface area contributed by atoms with Crippen molar-refractivity contribution in [2.24, 2.45) is 0 Å². The molecule has 6 heteroatoms. The molecule has 0 saturated heterocycles. The van der Waals surface area contributed by atoms with Gasteiger partial charge in [0.1, 0.15) is 6.61 Å². The Bertz CT molecular complexity index is 532. The van der Waals surface area contributed by atoms with E-state index in [-0.39, 0.29) is 0 Å². The number of hydrogen-bond acceptors (Lipinski definition) is 5. The van der Waals surface area contributed by atoms with E-state index in [0.717, 1.165) is 11.3 Å². The molecular formula is C13H15ClN2O2S. The van der Waals surface area contributed by atoms with Crippen LogP contribution in [0.5, 0.6) is 11.5 Å². The van der Waals surface area contributed by atoms with Gasteiger partial charge in [-0.1, -0.05) is 11.6 Å². The topological polar surface area (TPSA) is 43.4 Å². The van der Waals surface area contributed by atoms with E-state index in [9.17, 15) is 0 Å². The third-order valence-electron chi connectivity index (χ3n) is 2.53. The van der Waals surface area contributed by atoms with Crippen LogP contribution in [0.4, 0.5) is 0 Å².